The van der Waals surface area contributed by atoms with E-state index >= 15 is 0 Å². The minimum atomic E-state index is -4.08. The van der Waals surface area contributed by atoms with Gasteiger partial charge in [-0.2, -0.15) is 0 Å². The van der Waals surface area contributed by atoms with Crippen LogP contribution in [0.3, 0.4) is 0 Å². The first-order valence-electron chi connectivity index (χ1n) is 11.2. The van der Waals surface area contributed by atoms with Crippen LogP contribution >= 0.6 is 11.3 Å². The molecule has 2 aromatic heterocycles. The molecular weight excluding hydrogens is 470 g/mol. The maximum atomic E-state index is 13.0. The van der Waals surface area contributed by atoms with Crippen molar-refractivity contribution in [3.8, 4) is 11.1 Å². The lowest BCUT2D eigenvalue weighted by Gasteiger charge is -2.20. The minimum Gasteiger partial charge on any atom is -0.452 e. The van der Waals surface area contributed by atoms with E-state index in [1.165, 1.54) is 11.3 Å². The van der Waals surface area contributed by atoms with Crippen LogP contribution in [0.2, 0.25) is 0 Å². The zero-order chi connectivity index (χ0) is 25.3. The summed E-state index contributed by atoms with van der Waals surface area (Å²) >= 11 is 1.21. The zero-order valence-electron chi connectivity index (χ0n) is 20.8. The molecule has 0 bridgehead atoms. The summed E-state index contributed by atoms with van der Waals surface area (Å²) in [5.41, 5.74) is 3.35. The molecule has 0 saturated heterocycles. The van der Waals surface area contributed by atoms with E-state index < -0.39 is 16.1 Å². The Morgan fingerprint density at radius 2 is 1.85 bits per heavy atom. The number of benzene rings is 1. The van der Waals surface area contributed by atoms with E-state index in [-0.39, 0.29) is 9.62 Å². The molecule has 0 fully saturated rings. The van der Waals surface area contributed by atoms with Crippen LogP contribution < -0.4 is 4.72 Å². The van der Waals surface area contributed by atoms with Crippen LogP contribution in [0.5, 0.6) is 0 Å². The molecule has 0 unspecified atom stereocenters. The molecule has 0 saturated carbocycles. The number of carbonyl (C=O) groups is 1. The number of hydrogen-bond donors (Lipinski definition) is 1. The summed E-state index contributed by atoms with van der Waals surface area (Å²) in [5.74, 6) is 1.37. The van der Waals surface area contributed by atoms with Crippen molar-refractivity contribution in [2.45, 2.75) is 64.1 Å². The van der Waals surface area contributed by atoms with Crippen molar-refractivity contribution in [3.63, 3.8) is 0 Å². The summed E-state index contributed by atoms with van der Waals surface area (Å²) < 4.78 is 34.9. The number of aromatic nitrogens is 2. The molecule has 1 N–H and O–H groups in total. The predicted molar refractivity (Wildman–Crippen MR) is 136 cm³/mol. The average Bonchev–Trinajstić information content (AvgIpc) is 3.33. The van der Waals surface area contributed by atoms with Crippen molar-refractivity contribution < 1.29 is 17.9 Å². The van der Waals surface area contributed by atoms with Crippen molar-refractivity contribution in [2.24, 2.45) is 5.92 Å². The highest BCUT2D eigenvalue weighted by molar-refractivity contribution is 7.92. The summed E-state index contributed by atoms with van der Waals surface area (Å²) in [4.78, 5) is 17.2. The van der Waals surface area contributed by atoms with Gasteiger partial charge in [0.1, 0.15) is 10.0 Å². The number of thiophene rings is 1. The molecule has 1 amide bonds. The molecule has 0 spiro atoms. The van der Waals surface area contributed by atoms with Crippen LogP contribution in [0.15, 0.2) is 40.9 Å². The molecule has 34 heavy (non-hydrogen) atoms. The highest BCUT2D eigenvalue weighted by Gasteiger charge is 2.28. The maximum Gasteiger partial charge on any atom is 0.420 e. The molecule has 0 radical (unpaired) electrons. The molecule has 3 rings (SSSR count). The normalized spacial score (nSPS) is 12.2. The lowest BCUT2D eigenvalue weighted by Crippen LogP contribution is -2.30. The Morgan fingerprint density at radius 1 is 1.21 bits per heavy atom. The summed E-state index contributed by atoms with van der Waals surface area (Å²) in [7, 11) is -2.94. The van der Waals surface area contributed by atoms with Crippen molar-refractivity contribution in [3.05, 3.63) is 58.5 Å². The third-order valence-corrected chi connectivity index (χ3v) is 8.58. The Hall–Kier alpha value is -2.65. The Bertz CT molecular complexity index is 1260. The third kappa shape index (κ3) is 5.70. The quantitative estimate of drug-likeness (QED) is 0.459. The number of rotatable bonds is 7. The number of carbonyl (C=O) groups excluding carboxylic acids is 1. The van der Waals surface area contributed by atoms with E-state index in [9.17, 15) is 13.2 Å². The first-order valence-corrected chi connectivity index (χ1v) is 13.5. The molecule has 3 aromatic rings. The van der Waals surface area contributed by atoms with Crippen LogP contribution in [-0.2, 0) is 33.1 Å². The Morgan fingerprint density at radius 3 is 2.41 bits per heavy atom. The Kier molecular flexibility index (Phi) is 7.57. The monoisotopic (exact) mass is 503 g/mol. The van der Waals surface area contributed by atoms with E-state index in [0.717, 1.165) is 40.9 Å². The number of hydrogen-bond acceptors (Lipinski definition) is 6. The summed E-state index contributed by atoms with van der Waals surface area (Å²) in [6.45, 7) is 13.2. The van der Waals surface area contributed by atoms with Crippen molar-refractivity contribution in [1.82, 2.24) is 14.3 Å². The molecular formula is C25H33N3O4S2. The highest BCUT2D eigenvalue weighted by Crippen LogP contribution is 2.40. The van der Waals surface area contributed by atoms with E-state index in [4.69, 9.17) is 0 Å². The largest absolute Gasteiger partial charge is 0.452 e. The van der Waals surface area contributed by atoms with Gasteiger partial charge in [-0.3, -0.25) is 0 Å². The Balaban J connectivity index is 2.01. The first-order chi connectivity index (χ1) is 15.8. The third-order valence-electron chi connectivity index (χ3n) is 5.44. The van der Waals surface area contributed by atoms with Gasteiger partial charge in [0, 0.05) is 34.8 Å². The molecule has 0 aliphatic carbocycles. The average molecular weight is 504 g/mol. The molecule has 184 valence electrons. The SMILES string of the molecule is COC(=O)NS(=O)(=O)c1sc(CC(C)C)c(C)c1-c1ccc(Cn2ccnc2C(C)(C)C)cc1. The molecule has 0 atom stereocenters. The van der Waals surface area contributed by atoms with Crippen LogP contribution in [0.1, 0.15) is 56.4 Å². The minimum absolute atomic E-state index is 0.0695. The van der Waals surface area contributed by atoms with E-state index in [1.807, 2.05) is 48.3 Å². The second-order valence-corrected chi connectivity index (χ2v) is 12.8. The highest BCUT2D eigenvalue weighted by atomic mass is 32.2. The number of amides is 1. The number of nitrogens with one attached hydrogen (secondary N) is 1. The van der Waals surface area contributed by atoms with Crippen LogP contribution in [0.25, 0.3) is 11.1 Å². The van der Waals surface area contributed by atoms with E-state index in [1.54, 1.807) is 0 Å². The lowest BCUT2D eigenvalue weighted by molar-refractivity contribution is 0.177. The van der Waals surface area contributed by atoms with Gasteiger partial charge < -0.3 is 9.30 Å². The molecule has 2 heterocycles. The van der Waals surface area contributed by atoms with Crippen LogP contribution in [0, 0.1) is 12.8 Å². The number of methoxy groups -OCH3 is 1. The molecule has 9 heteroatoms. The van der Waals surface area contributed by atoms with E-state index in [0.29, 0.717) is 18.0 Å². The van der Waals surface area contributed by atoms with Gasteiger partial charge in [-0.05, 0) is 36.0 Å². The summed E-state index contributed by atoms with van der Waals surface area (Å²) in [6, 6.07) is 7.89. The van der Waals surface area contributed by atoms with Crippen LogP contribution in [-0.4, -0.2) is 31.2 Å². The second kappa shape index (κ2) is 9.92. The fraction of sp³-hybridized carbons (Fsp3) is 0.440. The summed E-state index contributed by atoms with van der Waals surface area (Å²) in [5, 5.41) is 0. The molecule has 0 aliphatic rings. The molecule has 0 aliphatic heterocycles. The van der Waals surface area contributed by atoms with E-state index in [2.05, 4.69) is 48.9 Å². The first kappa shape index (κ1) is 26.0. The number of ether oxygens (including phenoxy) is 1. The van der Waals surface area contributed by atoms with Gasteiger partial charge in [0.2, 0.25) is 0 Å². The number of nitrogens with zero attached hydrogens (tertiary/aromatic N) is 2. The molecule has 7 nitrogen and oxygen atoms in total. The van der Waals surface area contributed by atoms with Gasteiger partial charge in [0.05, 0.1) is 7.11 Å². The number of imidazole rings is 1. The van der Waals surface area contributed by atoms with Gasteiger partial charge in [0.15, 0.2) is 0 Å². The summed E-state index contributed by atoms with van der Waals surface area (Å²) in [6.07, 6.45) is 3.53. The molecule has 1 aromatic carbocycles. The number of sulfonamides is 1. The van der Waals surface area contributed by atoms with Gasteiger partial charge in [-0.15, -0.1) is 11.3 Å². The smallest absolute Gasteiger partial charge is 0.420 e. The zero-order valence-corrected chi connectivity index (χ0v) is 22.4. The fourth-order valence-electron chi connectivity index (χ4n) is 3.87. The second-order valence-electron chi connectivity index (χ2n) is 9.83. The standard InChI is InChI=1S/C25H33N3O4S2/c1-16(2)14-20-17(3)21(22(33-20)34(30,31)27-24(29)32-7)19-10-8-18(9-11-19)15-28-13-12-26-23(28)25(4,5)6/h8-13,16H,14-15H2,1-7H3,(H,27,29). The maximum absolute atomic E-state index is 13.0. The predicted octanol–water partition coefficient (Wildman–Crippen LogP) is 5.51. The fourth-order valence-corrected chi connectivity index (χ4v) is 6.94. The van der Waals surface area contributed by atoms with Gasteiger partial charge in [0.25, 0.3) is 10.0 Å². The van der Waals surface area contributed by atoms with Crippen molar-refractivity contribution in [2.75, 3.05) is 7.11 Å². The Labute approximate surface area is 206 Å². The lowest BCUT2D eigenvalue weighted by atomic mass is 9.95. The van der Waals surface area contributed by atoms with Gasteiger partial charge in [-0.25, -0.2) is 22.9 Å². The van der Waals surface area contributed by atoms with Crippen molar-refractivity contribution in [1.29, 1.82) is 0 Å². The van der Waals surface area contributed by atoms with Gasteiger partial charge in [-0.1, -0.05) is 58.9 Å². The van der Waals surface area contributed by atoms with Crippen LogP contribution in [0.4, 0.5) is 4.79 Å². The van der Waals surface area contributed by atoms with Crippen molar-refractivity contribution >= 4 is 27.5 Å². The topological polar surface area (TPSA) is 90.3 Å². The van der Waals surface area contributed by atoms with Gasteiger partial charge >= 0.3 is 6.09 Å².